The number of fused-ring (bicyclic) bond motifs is 1. The first-order valence-electron chi connectivity index (χ1n) is 10.1. The average molecular weight is 459 g/mol. The van der Waals surface area contributed by atoms with E-state index in [0.29, 0.717) is 28.5 Å². The van der Waals surface area contributed by atoms with E-state index >= 15 is 0 Å². The van der Waals surface area contributed by atoms with E-state index < -0.39 is 18.0 Å². The Labute approximate surface area is 186 Å². The van der Waals surface area contributed by atoms with Crippen LogP contribution in [0.15, 0.2) is 34.9 Å². The number of aromatic nitrogens is 5. The van der Waals surface area contributed by atoms with Gasteiger partial charge in [0.2, 0.25) is 5.89 Å². The number of halogens is 3. The Morgan fingerprint density at radius 1 is 1.09 bits per heavy atom. The molecule has 3 aromatic heterocycles. The van der Waals surface area contributed by atoms with Crippen molar-refractivity contribution >= 4 is 11.7 Å². The molecule has 172 valence electrons. The molecule has 4 rings (SSSR count). The van der Waals surface area contributed by atoms with E-state index in [-0.39, 0.29) is 25.2 Å². The van der Waals surface area contributed by atoms with Crippen molar-refractivity contribution in [3.8, 4) is 11.5 Å². The van der Waals surface area contributed by atoms with Crippen molar-refractivity contribution in [1.82, 2.24) is 24.6 Å². The zero-order valence-electron chi connectivity index (χ0n) is 18.1. The van der Waals surface area contributed by atoms with Crippen molar-refractivity contribution in [3.63, 3.8) is 0 Å². The van der Waals surface area contributed by atoms with Crippen LogP contribution in [0.4, 0.5) is 13.2 Å². The first-order valence-corrected chi connectivity index (χ1v) is 10.1. The Kier molecular flexibility index (Phi) is 5.88. The zero-order valence-corrected chi connectivity index (χ0v) is 18.1. The molecule has 0 radical (unpaired) electrons. The summed E-state index contributed by atoms with van der Waals surface area (Å²) in [6.45, 7) is 5.19. The number of aryl methyl sites for hydroxylation is 3. The lowest BCUT2D eigenvalue weighted by Gasteiger charge is -2.10. The number of hydrogen-bond acceptors (Lipinski definition) is 7. The number of carbonyl (C=O) groups excluding carboxylic acids is 1. The summed E-state index contributed by atoms with van der Waals surface area (Å²) in [5.74, 6) is -1.45. The number of ether oxygens (including phenoxy) is 1. The number of carbonyl (C=O) groups is 1. The second kappa shape index (κ2) is 8.64. The highest BCUT2D eigenvalue weighted by Gasteiger charge is 2.37. The lowest BCUT2D eigenvalue weighted by molar-refractivity contribution is -0.145. The standard InChI is InChI=1S/C22H20F3N5O3/c1-12-4-6-15(7-5-12)19-27-16(11-33-19)10-32-18(31)9-8-17-13(2)26-21-28-20(22(23,24)25)29-30(21)14(17)3/h4-7,11H,8-10H2,1-3H3. The van der Waals surface area contributed by atoms with Crippen molar-refractivity contribution in [2.45, 2.75) is 46.4 Å². The molecule has 0 N–H and O–H groups in total. The fraction of sp³-hybridized carbons (Fsp3) is 0.318. The minimum atomic E-state index is -4.67. The van der Waals surface area contributed by atoms with Gasteiger partial charge in [-0.3, -0.25) is 4.79 Å². The summed E-state index contributed by atoms with van der Waals surface area (Å²) in [7, 11) is 0. The molecular formula is C22H20F3N5O3. The van der Waals surface area contributed by atoms with Gasteiger partial charge in [-0.15, -0.1) is 5.10 Å². The quantitative estimate of drug-likeness (QED) is 0.395. The number of hydrogen-bond donors (Lipinski definition) is 0. The average Bonchev–Trinajstić information content (AvgIpc) is 3.40. The van der Waals surface area contributed by atoms with Gasteiger partial charge in [-0.1, -0.05) is 17.7 Å². The molecule has 8 nitrogen and oxygen atoms in total. The van der Waals surface area contributed by atoms with Crippen molar-refractivity contribution in [2.24, 2.45) is 0 Å². The van der Waals surface area contributed by atoms with Gasteiger partial charge in [-0.05, 0) is 44.9 Å². The highest BCUT2D eigenvalue weighted by atomic mass is 19.4. The van der Waals surface area contributed by atoms with Crippen LogP contribution in [0.5, 0.6) is 0 Å². The number of nitrogens with zero attached hydrogens (tertiary/aromatic N) is 5. The summed E-state index contributed by atoms with van der Waals surface area (Å²) < 4.78 is 50.5. The van der Waals surface area contributed by atoms with Crippen LogP contribution in [0, 0.1) is 20.8 Å². The van der Waals surface area contributed by atoms with E-state index in [0.717, 1.165) is 15.6 Å². The molecule has 4 aromatic rings. The topological polar surface area (TPSA) is 95.4 Å². The Balaban J connectivity index is 1.38. The van der Waals surface area contributed by atoms with Crippen molar-refractivity contribution in [1.29, 1.82) is 0 Å². The van der Waals surface area contributed by atoms with Gasteiger partial charge >= 0.3 is 12.1 Å². The van der Waals surface area contributed by atoms with Crippen LogP contribution in [0.1, 0.15) is 40.5 Å². The maximum absolute atomic E-state index is 12.9. The van der Waals surface area contributed by atoms with E-state index in [1.165, 1.54) is 6.26 Å². The molecule has 33 heavy (non-hydrogen) atoms. The first-order chi connectivity index (χ1) is 15.6. The summed E-state index contributed by atoms with van der Waals surface area (Å²) in [6, 6.07) is 7.66. The Bertz CT molecular complexity index is 1310. The van der Waals surface area contributed by atoms with E-state index in [4.69, 9.17) is 9.15 Å². The lowest BCUT2D eigenvalue weighted by Crippen LogP contribution is -2.11. The molecule has 0 unspecified atom stereocenters. The normalized spacial score (nSPS) is 11.8. The molecule has 0 spiro atoms. The minimum absolute atomic E-state index is 0.0123. The van der Waals surface area contributed by atoms with Crippen molar-refractivity contribution < 1.29 is 27.1 Å². The van der Waals surface area contributed by atoms with Gasteiger partial charge in [0.05, 0.1) is 0 Å². The van der Waals surface area contributed by atoms with Gasteiger partial charge in [-0.2, -0.15) is 18.2 Å². The van der Waals surface area contributed by atoms with Gasteiger partial charge in [0.1, 0.15) is 18.6 Å². The molecule has 11 heteroatoms. The molecular weight excluding hydrogens is 439 g/mol. The Morgan fingerprint density at radius 2 is 1.82 bits per heavy atom. The summed E-state index contributed by atoms with van der Waals surface area (Å²) >= 11 is 0. The maximum Gasteiger partial charge on any atom is 0.453 e. The number of esters is 1. The summed E-state index contributed by atoms with van der Waals surface area (Å²) in [6.07, 6.45) is -3.00. The molecule has 3 heterocycles. The highest BCUT2D eigenvalue weighted by Crippen LogP contribution is 2.27. The van der Waals surface area contributed by atoms with Crippen LogP contribution in [-0.2, 0) is 28.7 Å². The lowest BCUT2D eigenvalue weighted by atomic mass is 10.1. The molecule has 0 fully saturated rings. The second-order valence-electron chi connectivity index (χ2n) is 7.58. The van der Waals surface area contributed by atoms with Gasteiger partial charge in [0, 0.05) is 23.4 Å². The molecule has 0 aliphatic carbocycles. The Hall–Kier alpha value is -3.76. The molecule has 0 aliphatic rings. The van der Waals surface area contributed by atoms with Crippen molar-refractivity contribution in [2.75, 3.05) is 0 Å². The maximum atomic E-state index is 12.9. The second-order valence-corrected chi connectivity index (χ2v) is 7.58. The molecule has 0 aliphatic heterocycles. The first kappa shape index (κ1) is 22.4. The predicted octanol–water partition coefficient (Wildman–Crippen LogP) is 4.40. The van der Waals surface area contributed by atoms with Crippen LogP contribution in [-0.4, -0.2) is 30.5 Å². The highest BCUT2D eigenvalue weighted by molar-refractivity contribution is 5.69. The summed E-state index contributed by atoms with van der Waals surface area (Å²) in [5, 5.41) is 3.50. The van der Waals surface area contributed by atoms with E-state index in [1.54, 1.807) is 13.8 Å². The fourth-order valence-corrected chi connectivity index (χ4v) is 3.35. The largest absolute Gasteiger partial charge is 0.459 e. The number of alkyl halides is 3. The third-order valence-electron chi connectivity index (χ3n) is 5.11. The summed E-state index contributed by atoms with van der Waals surface area (Å²) in [5.41, 5.74) is 3.93. The van der Waals surface area contributed by atoms with E-state index in [2.05, 4.69) is 20.1 Å². The third kappa shape index (κ3) is 4.86. The molecule has 0 saturated heterocycles. The zero-order chi connectivity index (χ0) is 23.8. The predicted molar refractivity (Wildman–Crippen MR) is 110 cm³/mol. The van der Waals surface area contributed by atoms with Gasteiger partial charge < -0.3 is 9.15 Å². The van der Waals surface area contributed by atoms with Crippen molar-refractivity contribution in [3.05, 3.63) is 64.6 Å². The van der Waals surface area contributed by atoms with E-state index in [1.807, 2.05) is 31.2 Å². The van der Waals surface area contributed by atoms with Crippen LogP contribution in [0.2, 0.25) is 0 Å². The fourth-order valence-electron chi connectivity index (χ4n) is 3.35. The van der Waals surface area contributed by atoms with Crippen LogP contribution in [0.3, 0.4) is 0 Å². The molecule has 0 bridgehead atoms. The molecule has 0 saturated carbocycles. The van der Waals surface area contributed by atoms with Crippen LogP contribution < -0.4 is 0 Å². The third-order valence-corrected chi connectivity index (χ3v) is 5.11. The van der Waals surface area contributed by atoms with Crippen LogP contribution >= 0.6 is 0 Å². The van der Waals surface area contributed by atoms with Gasteiger partial charge in [-0.25, -0.2) is 14.5 Å². The molecule has 0 atom stereocenters. The monoisotopic (exact) mass is 459 g/mol. The smallest absolute Gasteiger partial charge is 0.453 e. The van der Waals surface area contributed by atoms with Gasteiger partial charge in [0.15, 0.2) is 0 Å². The number of benzene rings is 1. The Morgan fingerprint density at radius 3 is 2.52 bits per heavy atom. The number of oxazole rings is 1. The molecule has 1 aromatic carbocycles. The van der Waals surface area contributed by atoms with Crippen LogP contribution in [0.25, 0.3) is 17.2 Å². The summed E-state index contributed by atoms with van der Waals surface area (Å²) in [4.78, 5) is 24.1. The minimum Gasteiger partial charge on any atom is -0.459 e. The SMILES string of the molecule is Cc1ccc(-c2nc(COC(=O)CCc3c(C)nc4nc(C(F)(F)F)nn4c3C)co2)cc1. The molecule has 0 amide bonds. The number of rotatable bonds is 6. The van der Waals surface area contributed by atoms with Gasteiger partial charge in [0.25, 0.3) is 11.6 Å². The van der Waals surface area contributed by atoms with E-state index in [9.17, 15) is 18.0 Å².